The lowest BCUT2D eigenvalue weighted by atomic mass is 10.1. The molecule has 4 heterocycles. The van der Waals surface area contributed by atoms with Crippen molar-refractivity contribution in [3.63, 3.8) is 0 Å². The van der Waals surface area contributed by atoms with Crippen molar-refractivity contribution < 1.29 is 9.53 Å². The van der Waals surface area contributed by atoms with Crippen LogP contribution < -0.4 is 5.32 Å². The number of nitrogens with zero attached hydrogens (tertiary/aromatic N) is 5. The minimum atomic E-state index is -1.10. The molecule has 8 nitrogen and oxygen atoms in total. The Balaban J connectivity index is 1.47. The highest BCUT2D eigenvalue weighted by Gasteiger charge is 2.26. The Morgan fingerprint density at radius 2 is 2.12 bits per heavy atom. The summed E-state index contributed by atoms with van der Waals surface area (Å²) in [7, 11) is -1.10. The third-order valence-electron chi connectivity index (χ3n) is 5.96. The first-order valence-corrected chi connectivity index (χ1v) is 15.4. The highest BCUT2D eigenvalue weighted by atomic mass is 28.3. The maximum Gasteiger partial charge on any atom is 0.222 e. The van der Waals surface area contributed by atoms with Crippen LogP contribution in [0.3, 0.4) is 0 Å². The summed E-state index contributed by atoms with van der Waals surface area (Å²) in [5.74, 6) is 0.974. The van der Waals surface area contributed by atoms with Gasteiger partial charge in [0.1, 0.15) is 18.1 Å². The molecule has 1 aliphatic heterocycles. The first-order valence-electron chi connectivity index (χ1n) is 11.7. The molecule has 0 bridgehead atoms. The summed E-state index contributed by atoms with van der Waals surface area (Å²) in [5, 5.41) is 3.52. The van der Waals surface area contributed by atoms with Crippen molar-refractivity contribution in [2.75, 3.05) is 25.0 Å². The van der Waals surface area contributed by atoms with Gasteiger partial charge < -0.3 is 19.5 Å². The zero-order valence-electron chi connectivity index (χ0n) is 20.0. The summed E-state index contributed by atoms with van der Waals surface area (Å²) < 4.78 is 7.88. The van der Waals surface area contributed by atoms with Crippen LogP contribution in [0.25, 0.3) is 22.4 Å². The topological polar surface area (TPSA) is 85.2 Å². The largest absolute Gasteiger partial charge is 0.365 e. The average Bonchev–Trinajstić information content (AvgIpc) is 3.42. The molecule has 1 saturated heterocycles. The number of ether oxygens (including phenoxy) is 1. The molecule has 176 valence electrons. The number of hydrogen-bond donors (Lipinski definition) is 1. The van der Waals surface area contributed by atoms with Gasteiger partial charge in [-0.1, -0.05) is 26.6 Å². The number of rotatable bonds is 9. The Hall–Kier alpha value is -2.78. The van der Waals surface area contributed by atoms with E-state index in [1.807, 2.05) is 40.8 Å². The van der Waals surface area contributed by atoms with Crippen LogP contribution in [0.4, 0.5) is 5.82 Å². The van der Waals surface area contributed by atoms with E-state index in [1.165, 1.54) is 0 Å². The molecular formula is C24H34N6O2Si. The van der Waals surface area contributed by atoms with E-state index >= 15 is 0 Å². The van der Waals surface area contributed by atoms with Crippen molar-refractivity contribution in [3.8, 4) is 11.3 Å². The molecule has 1 aliphatic rings. The highest BCUT2D eigenvalue weighted by molar-refractivity contribution is 6.76. The lowest BCUT2D eigenvalue weighted by Gasteiger charge is -2.18. The number of amides is 1. The van der Waals surface area contributed by atoms with Gasteiger partial charge in [0, 0.05) is 58.2 Å². The van der Waals surface area contributed by atoms with Crippen LogP contribution in [0.15, 0.2) is 36.8 Å². The predicted octanol–water partition coefficient (Wildman–Crippen LogP) is 4.23. The SMILES string of the molecule is CCC(=O)N1CC[C@@H](Nc2ncccc2-c2cnc3c(ccn3COCC[Si](C)(C)C)n2)C1. The minimum absolute atomic E-state index is 0.181. The van der Waals surface area contributed by atoms with E-state index in [9.17, 15) is 4.79 Å². The molecule has 3 aromatic heterocycles. The maximum atomic E-state index is 12.0. The van der Waals surface area contributed by atoms with E-state index in [0.717, 1.165) is 53.9 Å². The zero-order valence-corrected chi connectivity index (χ0v) is 21.0. The quantitative estimate of drug-likeness (QED) is 0.375. The molecule has 1 fully saturated rings. The molecule has 1 amide bonds. The smallest absolute Gasteiger partial charge is 0.222 e. The van der Waals surface area contributed by atoms with Crippen molar-refractivity contribution in [2.24, 2.45) is 0 Å². The number of carbonyl (C=O) groups is 1. The standard InChI is InChI=1S/C24H34N6O2Si/c1-5-22(31)29-11-8-18(16-29)27-23-19(7-6-10-25-23)21-15-26-24-20(28-21)9-12-30(24)17-32-13-14-33(2,3)4/h6-7,9-10,12,15,18H,5,8,11,13-14,16-17H2,1-4H3,(H,25,27)/t18-/m1/s1. The third kappa shape index (κ3) is 5.78. The van der Waals surface area contributed by atoms with Crippen molar-refractivity contribution in [2.45, 2.75) is 58.2 Å². The normalized spacial score (nSPS) is 16.5. The number of nitrogens with one attached hydrogen (secondary N) is 1. The van der Waals surface area contributed by atoms with Crippen LogP contribution in [0.1, 0.15) is 19.8 Å². The average molecular weight is 467 g/mol. The molecule has 0 saturated carbocycles. The number of anilines is 1. The molecule has 1 N–H and O–H groups in total. The van der Waals surface area contributed by atoms with Gasteiger partial charge in [-0.25, -0.2) is 15.0 Å². The van der Waals surface area contributed by atoms with Gasteiger partial charge in [0.25, 0.3) is 0 Å². The van der Waals surface area contributed by atoms with Gasteiger partial charge in [0.05, 0.1) is 11.9 Å². The monoisotopic (exact) mass is 466 g/mol. The molecule has 3 aromatic rings. The van der Waals surface area contributed by atoms with Gasteiger partial charge in [-0.3, -0.25) is 4.79 Å². The van der Waals surface area contributed by atoms with Crippen LogP contribution in [-0.4, -0.2) is 64.1 Å². The van der Waals surface area contributed by atoms with Gasteiger partial charge in [-0.15, -0.1) is 0 Å². The maximum absolute atomic E-state index is 12.0. The lowest BCUT2D eigenvalue weighted by molar-refractivity contribution is -0.129. The lowest BCUT2D eigenvalue weighted by Crippen LogP contribution is -2.31. The summed E-state index contributed by atoms with van der Waals surface area (Å²) in [6.45, 7) is 11.7. The van der Waals surface area contributed by atoms with E-state index in [-0.39, 0.29) is 11.9 Å². The van der Waals surface area contributed by atoms with Crippen LogP contribution in [0, 0.1) is 0 Å². The molecule has 0 unspecified atom stereocenters. The Morgan fingerprint density at radius 3 is 2.91 bits per heavy atom. The predicted molar refractivity (Wildman–Crippen MR) is 134 cm³/mol. The molecule has 9 heteroatoms. The highest BCUT2D eigenvalue weighted by Crippen LogP contribution is 2.27. The first kappa shape index (κ1) is 23.4. The van der Waals surface area contributed by atoms with E-state index < -0.39 is 8.07 Å². The van der Waals surface area contributed by atoms with Crippen LogP contribution >= 0.6 is 0 Å². The Bertz CT molecular complexity index is 1110. The number of pyridine rings is 1. The molecule has 4 rings (SSSR count). The Kier molecular flexibility index (Phi) is 7.09. The number of hydrogen-bond acceptors (Lipinski definition) is 6. The van der Waals surface area contributed by atoms with Gasteiger partial charge >= 0.3 is 0 Å². The fourth-order valence-corrected chi connectivity index (χ4v) is 4.74. The van der Waals surface area contributed by atoms with E-state index in [0.29, 0.717) is 19.7 Å². The van der Waals surface area contributed by atoms with Crippen LogP contribution in [-0.2, 0) is 16.3 Å². The van der Waals surface area contributed by atoms with Crippen molar-refractivity contribution in [1.82, 2.24) is 24.4 Å². The number of fused-ring (bicyclic) bond motifs is 1. The fraction of sp³-hybridized carbons (Fsp3) is 0.500. The second-order valence-electron chi connectivity index (χ2n) is 9.82. The van der Waals surface area contributed by atoms with E-state index in [2.05, 4.69) is 34.9 Å². The van der Waals surface area contributed by atoms with Gasteiger partial charge in [0.2, 0.25) is 5.91 Å². The second-order valence-corrected chi connectivity index (χ2v) is 15.4. The van der Waals surface area contributed by atoms with E-state index in [4.69, 9.17) is 9.72 Å². The van der Waals surface area contributed by atoms with Gasteiger partial charge in [-0.2, -0.15) is 0 Å². The Morgan fingerprint density at radius 1 is 1.27 bits per heavy atom. The molecule has 0 aromatic carbocycles. The molecular weight excluding hydrogens is 432 g/mol. The van der Waals surface area contributed by atoms with Crippen LogP contribution in [0.2, 0.25) is 25.7 Å². The fourth-order valence-electron chi connectivity index (χ4n) is 3.99. The van der Waals surface area contributed by atoms with Crippen molar-refractivity contribution >= 4 is 31.0 Å². The molecule has 0 radical (unpaired) electrons. The number of likely N-dealkylation sites (tertiary alicyclic amines) is 1. The second kappa shape index (κ2) is 10.0. The van der Waals surface area contributed by atoms with Gasteiger partial charge in [-0.05, 0) is 30.7 Å². The van der Waals surface area contributed by atoms with Crippen molar-refractivity contribution in [1.29, 1.82) is 0 Å². The van der Waals surface area contributed by atoms with Crippen LogP contribution in [0.5, 0.6) is 0 Å². The summed E-state index contributed by atoms with van der Waals surface area (Å²) in [4.78, 5) is 28.0. The summed E-state index contributed by atoms with van der Waals surface area (Å²) >= 11 is 0. The zero-order chi connectivity index (χ0) is 23.4. The minimum Gasteiger partial charge on any atom is -0.365 e. The number of aromatic nitrogens is 4. The summed E-state index contributed by atoms with van der Waals surface area (Å²) in [6, 6.07) is 7.21. The number of carbonyl (C=O) groups excluding carboxylic acids is 1. The molecule has 33 heavy (non-hydrogen) atoms. The third-order valence-corrected chi connectivity index (χ3v) is 7.66. The molecule has 1 atom stereocenters. The summed E-state index contributed by atoms with van der Waals surface area (Å²) in [5.41, 5.74) is 3.33. The Labute approximate surface area is 196 Å². The summed E-state index contributed by atoms with van der Waals surface area (Å²) in [6.07, 6.45) is 7.00. The molecule has 0 spiro atoms. The van der Waals surface area contributed by atoms with E-state index in [1.54, 1.807) is 12.4 Å². The van der Waals surface area contributed by atoms with Crippen molar-refractivity contribution in [3.05, 3.63) is 36.8 Å². The first-order chi connectivity index (χ1) is 15.8. The molecule has 0 aliphatic carbocycles. The van der Waals surface area contributed by atoms with Gasteiger partial charge in [0.15, 0.2) is 5.65 Å².